The summed E-state index contributed by atoms with van der Waals surface area (Å²) in [5.41, 5.74) is 1.93. The number of pyridine rings is 1. The van der Waals surface area contributed by atoms with Crippen molar-refractivity contribution in [2.75, 3.05) is 4.90 Å². The molecule has 0 radical (unpaired) electrons. The van der Waals surface area contributed by atoms with Gasteiger partial charge in [-0.2, -0.15) is 0 Å². The number of amides is 3. The van der Waals surface area contributed by atoms with Crippen LogP contribution in [-0.2, 0) is 11.3 Å². The first-order chi connectivity index (χ1) is 15.8. The van der Waals surface area contributed by atoms with Gasteiger partial charge >= 0.3 is 12.4 Å². The van der Waals surface area contributed by atoms with Crippen molar-refractivity contribution in [3.8, 4) is 16.9 Å². The van der Waals surface area contributed by atoms with Crippen LogP contribution < -0.4 is 9.64 Å². The fourth-order valence-electron chi connectivity index (χ4n) is 4.17. The van der Waals surface area contributed by atoms with Crippen LogP contribution in [0.15, 0.2) is 73.1 Å². The van der Waals surface area contributed by atoms with Gasteiger partial charge in [-0.3, -0.25) is 9.78 Å². The van der Waals surface area contributed by atoms with Gasteiger partial charge in [-0.05, 0) is 54.3 Å². The molecule has 2 aliphatic rings. The van der Waals surface area contributed by atoms with E-state index in [2.05, 4.69) is 9.72 Å². The van der Waals surface area contributed by atoms with Crippen LogP contribution in [-0.4, -0.2) is 33.7 Å². The number of benzene rings is 2. The molecule has 2 heterocycles. The van der Waals surface area contributed by atoms with E-state index in [1.807, 2.05) is 36.4 Å². The smallest absolute Gasteiger partial charge is 0.406 e. The Kier molecular flexibility index (Phi) is 4.84. The van der Waals surface area contributed by atoms with Gasteiger partial charge in [0.25, 0.3) is 5.91 Å². The monoisotopic (exact) mass is 453 g/mol. The number of urea groups is 1. The molecular formula is C24H18F3N3O3. The van der Waals surface area contributed by atoms with Crippen molar-refractivity contribution in [1.29, 1.82) is 0 Å². The molecule has 1 spiro atoms. The van der Waals surface area contributed by atoms with Crippen LogP contribution in [0.5, 0.6) is 5.75 Å². The number of hydrogen-bond donors (Lipinski definition) is 0. The van der Waals surface area contributed by atoms with Gasteiger partial charge in [0.1, 0.15) is 11.3 Å². The Morgan fingerprint density at radius 1 is 0.970 bits per heavy atom. The summed E-state index contributed by atoms with van der Waals surface area (Å²) in [5, 5.41) is 0. The van der Waals surface area contributed by atoms with Crippen molar-refractivity contribution in [2.45, 2.75) is 31.3 Å². The van der Waals surface area contributed by atoms with E-state index in [9.17, 15) is 22.8 Å². The number of aromatic nitrogens is 1. The van der Waals surface area contributed by atoms with Gasteiger partial charge in [0.2, 0.25) is 0 Å². The fourth-order valence-corrected chi connectivity index (χ4v) is 4.17. The third-order valence-electron chi connectivity index (χ3n) is 5.92. The summed E-state index contributed by atoms with van der Waals surface area (Å²) in [6, 6.07) is 15.7. The molecule has 168 valence electrons. The number of imide groups is 1. The molecule has 2 aromatic carbocycles. The number of hydrogen-bond acceptors (Lipinski definition) is 4. The van der Waals surface area contributed by atoms with Crippen molar-refractivity contribution >= 4 is 17.6 Å². The third-order valence-corrected chi connectivity index (χ3v) is 5.92. The molecule has 33 heavy (non-hydrogen) atoms. The molecule has 0 N–H and O–H groups in total. The topological polar surface area (TPSA) is 62.7 Å². The maximum absolute atomic E-state index is 13.3. The minimum atomic E-state index is -4.82. The lowest BCUT2D eigenvalue weighted by Gasteiger charge is -2.22. The van der Waals surface area contributed by atoms with Gasteiger partial charge in [-0.1, -0.05) is 30.3 Å². The summed E-state index contributed by atoms with van der Waals surface area (Å²) in [4.78, 5) is 33.3. The van der Waals surface area contributed by atoms with E-state index in [-0.39, 0.29) is 18.1 Å². The Morgan fingerprint density at radius 2 is 1.67 bits per heavy atom. The highest BCUT2D eigenvalue weighted by atomic mass is 19.4. The Balaban J connectivity index is 1.44. The van der Waals surface area contributed by atoms with Crippen LogP contribution in [0.2, 0.25) is 0 Å². The number of ether oxygens (including phenoxy) is 1. The number of rotatable bonds is 5. The van der Waals surface area contributed by atoms with Crippen molar-refractivity contribution in [3.05, 3.63) is 78.6 Å². The highest BCUT2D eigenvalue weighted by Crippen LogP contribution is 2.50. The number of carbonyl (C=O) groups excluding carboxylic acids is 2. The normalized spacial score (nSPS) is 17.1. The summed E-state index contributed by atoms with van der Waals surface area (Å²) in [7, 11) is 0. The van der Waals surface area contributed by atoms with Gasteiger partial charge in [-0.15, -0.1) is 13.2 Å². The lowest BCUT2D eigenvalue weighted by molar-refractivity contribution is -0.274. The molecule has 5 rings (SSSR count). The van der Waals surface area contributed by atoms with Crippen molar-refractivity contribution in [1.82, 2.24) is 9.88 Å². The van der Waals surface area contributed by atoms with Gasteiger partial charge in [0, 0.05) is 24.5 Å². The predicted octanol–water partition coefficient (Wildman–Crippen LogP) is 5.15. The number of nitrogens with zero attached hydrogens (tertiary/aromatic N) is 3. The predicted molar refractivity (Wildman–Crippen MR) is 113 cm³/mol. The first-order valence-electron chi connectivity index (χ1n) is 10.3. The average molecular weight is 453 g/mol. The van der Waals surface area contributed by atoms with E-state index in [1.165, 1.54) is 12.1 Å². The first-order valence-corrected chi connectivity index (χ1v) is 10.3. The molecule has 9 heteroatoms. The van der Waals surface area contributed by atoms with E-state index in [0.29, 0.717) is 12.8 Å². The third kappa shape index (κ3) is 3.79. The lowest BCUT2D eigenvalue weighted by atomic mass is 10.0. The Labute approximate surface area is 187 Å². The molecule has 1 saturated heterocycles. The Morgan fingerprint density at radius 3 is 2.30 bits per heavy atom. The quantitative estimate of drug-likeness (QED) is 0.502. The van der Waals surface area contributed by atoms with Crippen molar-refractivity contribution in [2.24, 2.45) is 0 Å². The first kappa shape index (κ1) is 21.0. The molecule has 1 aromatic heterocycles. The average Bonchev–Trinajstić information content (AvgIpc) is 3.57. The van der Waals surface area contributed by atoms with Crippen LogP contribution >= 0.6 is 0 Å². The summed E-state index contributed by atoms with van der Waals surface area (Å²) in [6.07, 6.45) is -0.383. The summed E-state index contributed by atoms with van der Waals surface area (Å²) in [5.74, 6) is -0.792. The maximum atomic E-state index is 13.3. The van der Waals surface area contributed by atoms with Gasteiger partial charge in [0.15, 0.2) is 0 Å². The molecule has 6 nitrogen and oxygen atoms in total. The molecule has 3 aromatic rings. The van der Waals surface area contributed by atoms with E-state index in [4.69, 9.17) is 0 Å². The van der Waals surface area contributed by atoms with Gasteiger partial charge < -0.3 is 9.64 Å². The minimum Gasteiger partial charge on any atom is -0.406 e. The second-order valence-electron chi connectivity index (χ2n) is 7.98. The Hall–Kier alpha value is -3.88. The van der Waals surface area contributed by atoms with E-state index < -0.39 is 23.7 Å². The van der Waals surface area contributed by atoms with Crippen LogP contribution in [0.1, 0.15) is 18.4 Å². The van der Waals surface area contributed by atoms with E-state index >= 15 is 0 Å². The zero-order valence-electron chi connectivity index (χ0n) is 17.2. The van der Waals surface area contributed by atoms with Crippen LogP contribution in [0.25, 0.3) is 11.1 Å². The molecule has 1 aliphatic heterocycles. The largest absolute Gasteiger partial charge is 0.573 e. The zero-order chi connectivity index (χ0) is 23.2. The molecule has 3 amide bonds. The van der Waals surface area contributed by atoms with Gasteiger partial charge in [0.05, 0.1) is 5.69 Å². The molecule has 0 atom stereocenters. The number of carbonyl (C=O) groups is 2. The molecule has 1 aliphatic carbocycles. The number of halogens is 3. The van der Waals surface area contributed by atoms with E-state index in [0.717, 1.165) is 33.7 Å². The highest BCUT2D eigenvalue weighted by molar-refractivity contribution is 6.24. The standard InChI is InChI=1S/C24H18F3N3O3/c25-24(26,27)33-19-8-6-18(7-9-19)30-21(31)23(11-12-23)29(22(30)32)15-17-10-13-28-14-20(17)16-4-2-1-3-5-16/h1-10,13-14H,11-12,15H2. The minimum absolute atomic E-state index is 0.200. The van der Waals surface area contributed by atoms with Crippen molar-refractivity contribution < 1.29 is 27.5 Å². The van der Waals surface area contributed by atoms with E-state index in [1.54, 1.807) is 17.3 Å². The lowest BCUT2D eigenvalue weighted by Crippen LogP contribution is -2.36. The Bertz CT molecular complexity index is 1210. The molecule has 0 unspecified atom stereocenters. The second kappa shape index (κ2) is 7.61. The summed E-state index contributed by atoms with van der Waals surface area (Å²) < 4.78 is 41.2. The molecular weight excluding hydrogens is 435 g/mol. The van der Waals surface area contributed by atoms with Gasteiger partial charge in [-0.25, -0.2) is 9.69 Å². The maximum Gasteiger partial charge on any atom is 0.573 e. The second-order valence-corrected chi connectivity index (χ2v) is 7.98. The van der Waals surface area contributed by atoms with Crippen LogP contribution in [0, 0.1) is 0 Å². The summed E-state index contributed by atoms with van der Waals surface area (Å²) >= 11 is 0. The number of anilines is 1. The molecule has 2 fully saturated rings. The highest BCUT2D eigenvalue weighted by Gasteiger charge is 2.65. The summed E-state index contributed by atoms with van der Waals surface area (Å²) in [6.45, 7) is 0.211. The van der Waals surface area contributed by atoms with Crippen LogP contribution in [0.4, 0.5) is 23.7 Å². The van der Waals surface area contributed by atoms with Crippen LogP contribution in [0.3, 0.4) is 0 Å². The van der Waals surface area contributed by atoms with Crippen molar-refractivity contribution in [3.63, 3.8) is 0 Å². The SMILES string of the molecule is O=C1N(c2ccc(OC(F)(F)F)cc2)C(=O)C2(CC2)N1Cc1ccncc1-c1ccccc1. The number of alkyl halides is 3. The molecule has 1 saturated carbocycles. The zero-order valence-corrected chi connectivity index (χ0v) is 17.2. The molecule has 0 bridgehead atoms. The fraction of sp³-hybridized carbons (Fsp3) is 0.208.